The number of carbonyl (C=O) groups is 1. The Balaban J connectivity index is 1.49. The highest BCUT2D eigenvalue weighted by molar-refractivity contribution is 7.99. The van der Waals surface area contributed by atoms with E-state index >= 15 is 0 Å². The van der Waals surface area contributed by atoms with Crippen molar-refractivity contribution in [1.82, 2.24) is 5.32 Å². The third kappa shape index (κ3) is 5.08. The lowest BCUT2D eigenvalue weighted by molar-refractivity contribution is 0.0934. The van der Waals surface area contributed by atoms with Crippen LogP contribution in [0.15, 0.2) is 82.6 Å². The highest BCUT2D eigenvalue weighted by Crippen LogP contribution is 2.36. The maximum absolute atomic E-state index is 12.9. The molecule has 0 saturated heterocycles. The van der Waals surface area contributed by atoms with Gasteiger partial charge in [-0.25, -0.2) is 8.42 Å². The van der Waals surface area contributed by atoms with E-state index < -0.39 is 10.0 Å². The number of ether oxygens (including phenoxy) is 1. The normalized spacial score (nSPS) is 15.5. The molecule has 1 aliphatic heterocycles. The highest BCUT2D eigenvalue weighted by Gasteiger charge is 2.23. The summed E-state index contributed by atoms with van der Waals surface area (Å²) >= 11 is 1.78. The molecule has 0 bridgehead atoms. The number of sulfonamides is 1. The summed E-state index contributed by atoms with van der Waals surface area (Å²) in [6.45, 7) is 2.41. The molecule has 0 saturated carbocycles. The Morgan fingerprint density at radius 2 is 1.84 bits per heavy atom. The van der Waals surface area contributed by atoms with Crippen LogP contribution < -0.4 is 14.8 Å². The van der Waals surface area contributed by atoms with Gasteiger partial charge in [0, 0.05) is 21.9 Å². The molecule has 0 spiro atoms. The summed E-state index contributed by atoms with van der Waals surface area (Å²) in [4.78, 5) is 14.1. The maximum Gasteiger partial charge on any atom is 0.261 e. The molecular formula is C24H24N2O4S2. The van der Waals surface area contributed by atoms with Crippen molar-refractivity contribution in [2.24, 2.45) is 0 Å². The number of carbonyl (C=O) groups excluding carboxylic acids is 1. The van der Waals surface area contributed by atoms with E-state index in [4.69, 9.17) is 4.74 Å². The molecule has 3 aromatic rings. The van der Waals surface area contributed by atoms with Crippen LogP contribution in [0.4, 0.5) is 5.69 Å². The van der Waals surface area contributed by atoms with Crippen molar-refractivity contribution in [2.45, 2.75) is 29.2 Å². The lowest BCUT2D eigenvalue weighted by Gasteiger charge is -2.26. The number of nitrogens with one attached hydrogen (secondary N) is 2. The average Bonchev–Trinajstić information content (AvgIpc) is 2.81. The molecule has 1 unspecified atom stereocenters. The van der Waals surface area contributed by atoms with Crippen molar-refractivity contribution in [3.63, 3.8) is 0 Å². The quantitative estimate of drug-likeness (QED) is 0.518. The van der Waals surface area contributed by atoms with E-state index in [2.05, 4.69) is 16.1 Å². The summed E-state index contributed by atoms with van der Waals surface area (Å²) in [7, 11) is -3.85. The number of rotatable bonds is 7. The molecule has 0 radical (unpaired) electrons. The van der Waals surface area contributed by atoms with Gasteiger partial charge >= 0.3 is 0 Å². The van der Waals surface area contributed by atoms with Gasteiger partial charge in [0.25, 0.3) is 15.9 Å². The number of amides is 1. The van der Waals surface area contributed by atoms with E-state index in [9.17, 15) is 13.2 Å². The minimum absolute atomic E-state index is 0.0265. The average molecular weight is 469 g/mol. The molecule has 1 aliphatic rings. The van der Waals surface area contributed by atoms with Crippen LogP contribution in [-0.4, -0.2) is 26.7 Å². The van der Waals surface area contributed by atoms with Gasteiger partial charge < -0.3 is 10.1 Å². The van der Waals surface area contributed by atoms with Crippen LogP contribution >= 0.6 is 11.8 Å². The zero-order valence-corrected chi connectivity index (χ0v) is 19.2. The Kier molecular flexibility index (Phi) is 6.72. The van der Waals surface area contributed by atoms with Gasteiger partial charge in [0.05, 0.1) is 17.5 Å². The molecule has 166 valence electrons. The van der Waals surface area contributed by atoms with Crippen molar-refractivity contribution in [1.29, 1.82) is 0 Å². The van der Waals surface area contributed by atoms with Gasteiger partial charge in [-0.05, 0) is 67.4 Å². The van der Waals surface area contributed by atoms with Crippen molar-refractivity contribution in [3.8, 4) is 5.75 Å². The monoisotopic (exact) mass is 468 g/mol. The predicted molar refractivity (Wildman–Crippen MR) is 127 cm³/mol. The van der Waals surface area contributed by atoms with E-state index in [1.807, 2.05) is 25.1 Å². The largest absolute Gasteiger partial charge is 0.494 e. The van der Waals surface area contributed by atoms with Crippen LogP contribution in [0, 0.1) is 0 Å². The Labute approximate surface area is 192 Å². The summed E-state index contributed by atoms with van der Waals surface area (Å²) < 4.78 is 33.7. The second-order valence-corrected chi connectivity index (χ2v) is 10.1. The van der Waals surface area contributed by atoms with Crippen molar-refractivity contribution >= 4 is 33.4 Å². The first-order valence-corrected chi connectivity index (χ1v) is 12.8. The lowest BCUT2D eigenvalue weighted by atomic mass is 10.0. The predicted octanol–water partition coefficient (Wildman–Crippen LogP) is 4.85. The highest BCUT2D eigenvalue weighted by atomic mass is 32.2. The minimum atomic E-state index is -3.85. The van der Waals surface area contributed by atoms with Crippen molar-refractivity contribution in [3.05, 3.63) is 83.9 Å². The molecule has 3 aromatic carbocycles. The fraction of sp³-hybridized carbons (Fsp3) is 0.208. The Bertz CT molecular complexity index is 1210. The molecule has 1 atom stereocenters. The van der Waals surface area contributed by atoms with Crippen LogP contribution in [0.5, 0.6) is 5.75 Å². The van der Waals surface area contributed by atoms with Gasteiger partial charge in [-0.3, -0.25) is 9.52 Å². The third-order valence-electron chi connectivity index (χ3n) is 5.09. The number of anilines is 1. The zero-order chi connectivity index (χ0) is 22.6. The smallest absolute Gasteiger partial charge is 0.261 e. The first-order valence-electron chi connectivity index (χ1n) is 10.3. The molecule has 4 rings (SSSR count). The number of thioether (sulfide) groups is 1. The Morgan fingerprint density at radius 1 is 1.06 bits per heavy atom. The van der Waals surface area contributed by atoms with Gasteiger partial charge in [0.2, 0.25) is 0 Å². The molecule has 0 aromatic heterocycles. The second-order valence-electron chi connectivity index (χ2n) is 7.29. The topological polar surface area (TPSA) is 84.5 Å². The standard InChI is InChI=1S/C24H24N2O4S2/c1-2-30-19-12-10-18(11-13-19)26-32(28,29)20-7-5-6-17(16-20)24(27)25-22-14-15-31-23-9-4-3-8-21(22)23/h3-13,16,22,26H,2,14-15H2,1H3,(H,25,27). The van der Waals surface area contributed by atoms with E-state index in [1.165, 1.54) is 17.0 Å². The van der Waals surface area contributed by atoms with Gasteiger partial charge in [-0.2, -0.15) is 0 Å². The molecular weight excluding hydrogens is 444 g/mol. The first-order chi connectivity index (χ1) is 15.5. The molecule has 6 nitrogen and oxygen atoms in total. The van der Waals surface area contributed by atoms with Crippen LogP contribution in [0.2, 0.25) is 0 Å². The molecule has 0 aliphatic carbocycles. The van der Waals surface area contributed by atoms with Crippen molar-refractivity contribution < 1.29 is 17.9 Å². The van der Waals surface area contributed by atoms with Gasteiger partial charge in [0.1, 0.15) is 5.75 Å². The maximum atomic E-state index is 12.9. The van der Waals surface area contributed by atoms with Crippen LogP contribution in [0.3, 0.4) is 0 Å². The zero-order valence-electron chi connectivity index (χ0n) is 17.6. The second kappa shape index (κ2) is 9.67. The lowest BCUT2D eigenvalue weighted by Crippen LogP contribution is -2.30. The number of benzene rings is 3. The SMILES string of the molecule is CCOc1ccc(NS(=O)(=O)c2cccc(C(=O)NC3CCSc4ccccc43)c2)cc1. The Hall–Kier alpha value is -2.97. The summed E-state index contributed by atoms with van der Waals surface area (Å²) in [5.74, 6) is 1.29. The summed E-state index contributed by atoms with van der Waals surface area (Å²) in [5, 5.41) is 3.06. The molecule has 0 fully saturated rings. The molecule has 2 N–H and O–H groups in total. The molecule has 1 heterocycles. The third-order valence-corrected chi connectivity index (χ3v) is 7.59. The van der Waals surface area contributed by atoms with E-state index in [0.717, 1.165) is 17.7 Å². The van der Waals surface area contributed by atoms with Gasteiger partial charge in [-0.1, -0.05) is 24.3 Å². The molecule has 1 amide bonds. The number of hydrogen-bond acceptors (Lipinski definition) is 5. The summed E-state index contributed by atoms with van der Waals surface area (Å²) in [6.07, 6.45) is 0.824. The first kappa shape index (κ1) is 22.2. The minimum Gasteiger partial charge on any atom is -0.494 e. The summed E-state index contributed by atoms with van der Waals surface area (Å²) in [6, 6.07) is 20.7. The molecule has 8 heteroatoms. The van der Waals surface area contributed by atoms with Crippen LogP contribution in [0.1, 0.15) is 35.3 Å². The fourth-order valence-electron chi connectivity index (χ4n) is 3.54. The molecule has 32 heavy (non-hydrogen) atoms. The van der Waals surface area contributed by atoms with Gasteiger partial charge in [-0.15, -0.1) is 11.8 Å². The van der Waals surface area contributed by atoms with Crippen LogP contribution in [-0.2, 0) is 10.0 Å². The van der Waals surface area contributed by atoms with E-state index in [0.29, 0.717) is 23.6 Å². The van der Waals surface area contributed by atoms with Crippen LogP contribution in [0.25, 0.3) is 0 Å². The number of fused-ring (bicyclic) bond motifs is 1. The van der Waals surface area contributed by atoms with E-state index in [-0.39, 0.29) is 16.8 Å². The number of hydrogen-bond donors (Lipinski definition) is 2. The summed E-state index contributed by atoms with van der Waals surface area (Å²) in [5.41, 5.74) is 1.81. The van der Waals surface area contributed by atoms with Crippen molar-refractivity contribution in [2.75, 3.05) is 17.1 Å². The van der Waals surface area contributed by atoms with Gasteiger partial charge in [0.15, 0.2) is 0 Å². The Morgan fingerprint density at radius 3 is 2.62 bits per heavy atom. The fourth-order valence-corrected chi connectivity index (χ4v) is 5.77. The van der Waals surface area contributed by atoms with E-state index in [1.54, 1.807) is 48.2 Å².